The van der Waals surface area contributed by atoms with Crippen LogP contribution in [0, 0.1) is 6.92 Å². The molecule has 2 heterocycles. The third-order valence-corrected chi connectivity index (χ3v) is 1.78. The van der Waals surface area contributed by atoms with Crippen LogP contribution in [0.3, 0.4) is 0 Å². The number of oxazole rings is 1. The van der Waals surface area contributed by atoms with Gasteiger partial charge in [-0.25, -0.2) is 9.97 Å². The maximum Gasteiger partial charge on any atom is 0.203 e. The van der Waals surface area contributed by atoms with Crippen LogP contribution in [0.2, 0.25) is 0 Å². The summed E-state index contributed by atoms with van der Waals surface area (Å²) in [5.41, 5.74) is 6.25. The van der Waals surface area contributed by atoms with Crippen molar-refractivity contribution in [2.75, 3.05) is 0 Å². The SMILES string of the molecule is Cc1nc(-c2n[nH]c(C(C)N)n2)co1. The molecule has 0 spiro atoms. The molecule has 0 saturated heterocycles. The molecular weight excluding hydrogens is 182 g/mol. The number of nitrogens with two attached hydrogens (primary N) is 1. The van der Waals surface area contributed by atoms with E-state index in [4.69, 9.17) is 10.2 Å². The molecule has 0 fully saturated rings. The minimum Gasteiger partial charge on any atom is -0.449 e. The van der Waals surface area contributed by atoms with Gasteiger partial charge in [0.15, 0.2) is 5.89 Å². The normalized spacial score (nSPS) is 13.1. The van der Waals surface area contributed by atoms with Gasteiger partial charge in [-0.2, -0.15) is 5.10 Å². The third-order valence-electron chi connectivity index (χ3n) is 1.78. The molecule has 14 heavy (non-hydrogen) atoms. The van der Waals surface area contributed by atoms with E-state index >= 15 is 0 Å². The Hall–Kier alpha value is -1.69. The van der Waals surface area contributed by atoms with Gasteiger partial charge in [0.25, 0.3) is 0 Å². The lowest BCUT2D eigenvalue weighted by molar-refractivity contribution is 0.521. The highest BCUT2D eigenvalue weighted by molar-refractivity contribution is 5.46. The lowest BCUT2D eigenvalue weighted by Crippen LogP contribution is -2.06. The molecule has 2 aromatic rings. The predicted molar refractivity (Wildman–Crippen MR) is 49.2 cm³/mol. The maximum atomic E-state index is 5.63. The smallest absolute Gasteiger partial charge is 0.203 e. The third kappa shape index (κ3) is 1.51. The summed E-state index contributed by atoms with van der Waals surface area (Å²) in [5.74, 6) is 1.74. The number of aryl methyl sites for hydroxylation is 1. The summed E-state index contributed by atoms with van der Waals surface area (Å²) < 4.78 is 5.05. The fourth-order valence-corrected chi connectivity index (χ4v) is 1.06. The van der Waals surface area contributed by atoms with Gasteiger partial charge in [0.05, 0.1) is 6.04 Å². The van der Waals surface area contributed by atoms with Gasteiger partial charge in [-0.15, -0.1) is 0 Å². The van der Waals surface area contributed by atoms with E-state index in [9.17, 15) is 0 Å². The number of hydrogen-bond donors (Lipinski definition) is 2. The van der Waals surface area contributed by atoms with Crippen LogP contribution in [-0.4, -0.2) is 20.2 Å². The van der Waals surface area contributed by atoms with Crippen LogP contribution in [0.1, 0.15) is 24.7 Å². The second kappa shape index (κ2) is 3.22. The van der Waals surface area contributed by atoms with Crippen LogP contribution in [0.5, 0.6) is 0 Å². The summed E-state index contributed by atoms with van der Waals surface area (Å²) in [5, 5.41) is 6.73. The van der Waals surface area contributed by atoms with Crippen LogP contribution >= 0.6 is 0 Å². The fraction of sp³-hybridized carbons (Fsp3) is 0.375. The fourth-order valence-electron chi connectivity index (χ4n) is 1.06. The zero-order valence-corrected chi connectivity index (χ0v) is 7.98. The van der Waals surface area contributed by atoms with Gasteiger partial charge in [-0.05, 0) is 6.92 Å². The minimum atomic E-state index is -0.163. The molecule has 0 aliphatic carbocycles. The molecule has 1 atom stereocenters. The van der Waals surface area contributed by atoms with Crippen LogP contribution in [-0.2, 0) is 0 Å². The van der Waals surface area contributed by atoms with E-state index in [1.165, 1.54) is 6.26 Å². The highest BCUT2D eigenvalue weighted by Crippen LogP contribution is 2.14. The van der Waals surface area contributed by atoms with Crippen LogP contribution in [0.15, 0.2) is 10.7 Å². The number of nitrogens with one attached hydrogen (secondary N) is 1. The topological polar surface area (TPSA) is 93.6 Å². The Balaban J connectivity index is 2.33. The Labute approximate surface area is 80.6 Å². The molecule has 6 heteroatoms. The van der Waals surface area contributed by atoms with Gasteiger partial charge in [0, 0.05) is 6.92 Å². The predicted octanol–water partition coefficient (Wildman–Crippen LogP) is 0.788. The van der Waals surface area contributed by atoms with Gasteiger partial charge >= 0.3 is 0 Å². The molecular formula is C8H11N5O. The van der Waals surface area contributed by atoms with Crippen molar-refractivity contribution in [1.29, 1.82) is 0 Å². The Bertz CT molecular complexity index is 430. The summed E-state index contributed by atoms with van der Waals surface area (Å²) in [6, 6.07) is -0.163. The molecule has 0 saturated carbocycles. The summed E-state index contributed by atoms with van der Waals surface area (Å²) in [4.78, 5) is 8.28. The number of aromatic nitrogens is 4. The monoisotopic (exact) mass is 193 g/mol. The highest BCUT2D eigenvalue weighted by Gasteiger charge is 2.11. The number of rotatable bonds is 2. The summed E-state index contributed by atoms with van der Waals surface area (Å²) in [6.07, 6.45) is 1.52. The first kappa shape index (κ1) is 8.89. The molecule has 3 N–H and O–H groups in total. The van der Waals surface area contributed by atoms with Crippen molar-refractivity contribution in [2.24, 2.45) is 5.73 Å². The van der Waals surface area contributed by atoms with E-state index in [2.05, 4.69) is 20.2 Å². The van der Waals surface area contributed by atoms with E-state index in [0.29, 0.717) is 23.2 Å². The molecule has 2 rings (SSSR count). The average Bonchev–Trinajstić information content (AvgIpc) is 2.70. The number of hydrogen-bond acceptors (Lipinski definition) is 5. The minimum absolute atomic E-state index is 0.163. The second-order valence-corrected chi connectivity index (χ2v) is 3.08. The van der Waals surface area contributed by atoms with Gasteiger partial charge in [0.2, 0.25) is 5.82 Å². The number of aromatic amines is 1. The quantitative estimate of drug-likeness (QED) is 0.735. The van der Waals surface area contributed by atoms with Crippen molar-refractivity contribution in [3.63, 3.8) is 0 Å². The van der Waals surface area contributed by atoms with Crippen molar-refractivity contribution in [3.8, 4) is 11.5 Å². The van der Waals surface area contributed by atoms with Gasteiger partial charge in [-0.1, -0.05) is 0 Å². The summed E-state index contributed by atoms with van der Waals surface area (Å²) in [7, 11) is 0. The summed E-state index contributed by atoms with van der Waals surface area (Å²) in [6.45, 7) is 3.60. The van der Waals surface area contributed by atoms with Crippen molar-refractivity contribution in [2.45, 2.75) is 19.9 Å². The van der Waals surface area contributed by atoms with E-state index in [1.807, 2.05) is 6.92 Å². The largest absolute Gasteiger partial charge is 0.449 e. The van der Waals surface area contributed by atoms with Crippen LogP contribution in [0.4, 0.5) is 0 Å². The van der Waals surface area contributed by atoms with Gasteiger partial charge < -0.3 is 10.2 Å². The zero-order chi connectivity index (χ0) is 10.1. The van der Waals surface area contributed by atoms with Crippen molar-refractivity contribution in [3.05, 3.63) is 18.0 Å². The first-order chi connectivity index (χ1) is 6.66. The Kier molecular flexibility index (Phi) is 2.05. The molecule has 0 aliphatic heterocycles. The Morgan fingerprint density at radius 3 is 2.79 bits per heavy atom. The molecule has 1 unspecified atom stereocenters. The van der Waals surface area contributed by atoms with Crippen LogP contribution < -0.4 is 5.73 Å². The average molecular weight is 193 g/mol. The van der Waals surface area contributed by atoms with Crippen molar-refractivity contribution < 1.29 is 4.42 Å². The van der Waals surface area contributed by atoms with E-state index < -0.39 is 0 Å². The molecule has 6 nitrogen and oxygen atoms in total. The zero-order valence-electron chi connectivity index (χ0n) is 7.98. The molecule has 0 radical (unpaired) electrons. The van der Waals surface area contributed by atoms with E-state index in [1.54, 1.807) is 6.92 Å². The first-order valence-corrected chi connectivity index (χ1v) is 4.27. The van der Waals surface area contributed by atoms with Gasteiger partial charge in [0.1, 0.15) is 17.8 Å². The Morgan fingerprint density at radius 1 is 1.50 bits per heavy atom. The number of nitrogens with zero attached hydrogens (tertiary/aromatic N) is 3. The molecule has 0 amide bonds. The lowest BCUT2D eigenvalue weighted by Gasteiger charge is -1.95. The molecule has 0 aromatic carbocycles. The van der Waals surface area contributed by atoms with E-state index in [0.717, 1.165) is 0 Å². The van der Waals surface area contributed by atoms with E-state index in [-0.39, 0.29) is 6.04 Å². The second-order valence-electron chi connectivity index (χ2n) is 3.08. The molecule has 0 aliphatic rings. The molecule has 2 aromatic heterocycles. The Morgan fingerprint density at radius 2 is 2.29 bits per heavy atom. The molecule has 0 bridgehead atoms. The van der Waals surface area contributed by atoms with Crippen LogP contribution in [0.25, 0.3) is 11.5 Å². The maximum absolute atomic E-state index is 5.63. The van der Waals surface area contributed by atoms with Gasteiger partial charge in [-0.3, -0.25) is 5.10 Å². The van der Waals surface area contributed by atoms with Crippen molar-refractivity contribution in [1.82, 2.24) is 20.2 Å². The summed E-state index contributed by atoms with van der Waals surface area (Å²) >= 11 is 0. The highest BCUT2D eigenvalue weighted by atomic mass is 16.3. The molecule has 74 valence electrons. The lowest BCUT2D eigenvalue weighted by atomic mass is 10.3. The first-order valence-electron chi connectivity index (χ1n) is 4.27. The van der Waals surface area contributed by atoms with Crippen molar-refractivity contribution >= 4 is 0 Å². The standard InChI is InChI=1S/C8H11N5O/c1-4(9)7-11-8(13-12-7)6-3-14-5(2)10-6/h3-4H,9H2,1-2H3,(H,11,12,13). The number of H-pyrrole nitrogens is 1.